The van der Waals surface area contributed by atoms with E-state index < -0.39 is 0 Å². The first-order valence-corrected chi connectivity index (χ1v) is 8.69. The first-order valence-electron chi connectivity index (χ1n) is 8.69. The van der Waals surface area contributed by atoms with Crippen LogP contribution in [0.1, 0.15) is 32.4 Å². The molecule has 134 valence electrons. The van der Waals surface area contributed by atoms with Gasteiger partial charge in [0.2, 0.25) is 0 Å². The van der Waals surface area contributed by atoms with E-state index >= 15 is 0 Å². The van der Waals surface area contributed by atoms with Crippen molar-refractivity contribution in [1.29, 1.82) is 0 Å². The quantitative estimate of drug-likeness (QED) is 0.708. The van der Waals surface area contributed by atoms with Crippen molar-refractivity contribution in [2.45, 2.75) is 26.8 Å². The Morgan fingerprint density at radius 3 is 2.20 bits per heavy atom. The number of benzene rings is 2. The summed E-state index contributed by atoms with van der Waals surface area (Å²) in [5.74, 6) is 0.442. The van der Waals surface area contributed by atoms with Crippen molar-refractivity contribution in [3.8, 4) is 5.75 Å². The molecule has 0 radical (unpaired) electrons. The molecule has 2 aromatic rings. The molecule has 2 unspecified atom stereocenters. The minimum absolute atomic E-state index is 0.127. The predicted octanol–water partition coefficient (Wildman–Crippen LogP) is 4.68. The Hall–Kier alpha value is -2.49. The minimum Gasteiger partial charge on any atom is -0.497 e. The Balaban J connectivity index is 2.39. The van der Waals surface area contributed by atoms with Crippen molar-refractivity contribution in [3.05, 3.63) is 60.2 Å². The van der Waals surface area contributed by atoms with Gasteiger partial charge in [0, 0.05) is 5.69 Å². The number of para-hydroxylation sites is 1. The van der Waals surface area contributed by atoms with E-state index in [1.54, 1.807) is 7.11 Å². The van der Waals surface area contributed by atoms with Crippen LogP contribution in [0.15, 0.2) is 54.6 Å². The predicted molar refractivity (Wildman–Crippen MR) is 101 cm³/mol. The van der Waals surface area contributed by atoms with Crippen LogP contribution in [-0.2, 0) is 9.53 Å². The number of rotatable bonds is 8. The number of hydrogen-bond acceptors (Lipinski definition) is 4. The summed E-state index contributed by atoms with van der Waals surface area (Å²) >= 11 is 0. The Kier molecular flexibility index (Phi) is 6.87. The van der Waals surface area contributed by atoms with Crippen LogP contribution in [0.5, 0.6) is 5.75 Å². The van der Waals surface area contributed by atoms with Crippen LogP contribution in [0.4, 0.5) is 5.69 Å². The minimum atomic E-state index is -0.298. The van der Waals surface area contributed by atoms with Crippen LogP contribution in [-0.4, -0.2) is 19.7 Å². The van der Waals surface area contributed by atoms with Crippen LogP contribution in [0.25, 0.3) is 0 Å². The molecule has 0 aliphatic heterocycles. The van der Waals surface area contributed by atoms with Crippen molar-refractivity contribution in [2.24, 2.45) is 11.8 Å². The highest BCUT2D eigenvalue weighted by Gasteiger charge is 2.33. The van der Waals surface area contributed by atoms with Crippen molar-refractivity contribution in [2.75, 3.05) is 19.0 Å². The fraction of sp³-hybridized carbons (Fsp3) is 0.381. The lowest BCUT2D eigenvalue weighted by Crippen LogP contribution is -2.33. The highest BCUT2D eigenvalue weighted by atomic mass is 16.5. The molecule has 0 saturated heterocycles. The molecule has 0 aromatic heterocycles. The van der Waals surface area contributed by atoms with Gasteiger partial charge in [0.1, 0.15) is 5.75 Å². The van der Waals surface area contributed by atoms with Crippen LogP contribution < -0.4 is 10.1 Å². The van der Waals surface area contributed by atoms with E-state index in [0.29, 0.717) is 6.61 Å². The van der Waals surface area contributed by atoms with Gasteiger partial charge in [0.25, 0.3) is 0 Å². The zero-order valence-corrected chi connectivity index (χ0v) is 15.4. The molecule has 0 fully saturated rings. The number of methoxy groups -OCH3 is 1. The maximum Gasteiger partial charge on any atom is 0.311 e. The number of esters is 1. The average Bonchev–Trinajstić information content (AvgIpc) is 2.62. The molecular formula is C21H27NO3. The second-order valence-electron chi connectivity index (χ2n) is 6.28. The summed E-state index contributed by atoms with van der Waals surface area (Å²) in [4.78, 5) is 12.6. The largest absolute Gasteiger partial charge is 0.497 e. The molecule has 0 saturated carbocycles. The molecule has 0 amide bonds. The molecule has 1 N–H and O–H groups in total. The third-order valence-electron chi connectivity index (χ3n) is 4.21. The number of nitrogens with one attached hydrogen (secondary N) is 1. The molecule has 0 bridgehead atoms. The van der Waals surface area contributed by atoms with Gasteiger partial charge in [0.05, 0.1) is 25.7 Å². The molecule has 4 nitrogen and oxygen atoms in total. The number of carbonyl (C=O) groups is 1. The molecular weight excluding hydrogens is 314 g/mol. The van der Waals surface area contributed by atoms with Crippen molar-refractivity contribution >= 4 is 11.7 Å². The zero-order valence-electron chi connectivity index (χ0n) is 15.4. The summed E-state index contributed by atoms with van der Waals surface area (Å²) < 4.78 is 10.6. The molecule has 2 aromatic carbocycles. The second-order valence-corrected chi connectivity index (χ2v) is 6.28. The zero-order chi connectivity index (χ0) is 18.2. The Labute approximate surface area is 150 Å². The van der Waals surface area contributed by atoms with Gasteiger partial charge in [-0.1, -0.05) is 44.2 Å². The number of anilines is 1. The van der Waals surface area contributed by atoms with Gasteiger partial charge >= 0.3 is 5.97 Å². The van der Waals surface area contributed by atoms with E-state index in [1.807, 2.05) is 75.4 Å². The lowest BCUT2D eigenvalue weighted by molar-refractivity contribution is -0.150. The number of hydrogen-bond donors (Lipinski definition) is 1. The summed E-state index contributed by atoms with van der Waals surface area (Å²) in [6, 6.07) is 17.5. The SMILES string of the molecule is CCOC(=O)C(C(C)C)C(Nc1ccccc1)c1ccc(OC)cc1. The Morgan fingerprint density at radius 1 is 1.04 bits per heavy atom. The summed E-state index contributed by atoms with van der Waals surface area (Å²) in [6.07, 6.45) is 0. The maximum atomic E-state index is 12.6. The Bertz CT molecular complexity index is 653. The van der Waals surface area contributed by atoms with Crippen molar-refractivity contribution in [3.63, 3.8) is 0 Å². The second kappa shape index (κ2) is 9.11. The average molecular weight is 341 g/mol. The van der Waals surface area contributed by atoms with Gasteiger partial charge in [0.15, 0.2) is 0 Å². The lowest BCUT2D eigenvalue weighted by atomic mass is 9.84. The van der Waals surface area contributed by atoms with Crippen LogP contribution in [0.3, 0.4) is 0 Å². The molecule has 0 aliphatic carbocycles. The summed E-state index contributed by atoms with van der Waals surface area (Å²) in [5.41, 5.74) is 2.00. The van der Waals surface area contributed by atoms with Gasteiger partial charge in [-0.3, -0.25) is 4.79 Å². The van der Waals surface area contributed by atoms with E-state index in [2.05, 4.69) is 5.32 Å². The maximum absolute atomic E-state index is 12.6. The molecule has 25 heavy (non-hydrogen) atoms. The first kappa shape index (κ1) is 18.8. The Morgan fingerprint density at radius 2 is 1.68 bits per heavy atom. The van der Waals surface area contributed by atoms with Crippen molar-refractivity contribution < 1.29 is 14.3 Å². The smallest absolute Gasteiger partial charge is 0.311 e. The highest BCUT2D eigenvalue weighted by Crippen LogP contribution is 2.33. The van der Waals surface area contributed by atoms with Gasteiger partial charge in [-0.2, -0.15) is 0 Å². The van der Waals surface area contributed by atoms with Crippen LogP contribution in [0, 0.1) is 11.8 Å². The van der Waals surface area contributed by atoms with Crippen LogP contribution >= 0.6 is 0 Å². The fourth-order valence-corrected chi connectivity index (χ4v) is 2.94. The number of carbonyl (C=O) groups excluding carboxylic acids is 1. The summed E-state index contributed by atoms with van der Waals surface area (Å²) in [6.45, 7) is 6.31. The highest BCUT2D eigenvalue weighted by molar-refractivity contribution is 5.75. The van der Waals surface area contributed by atoms with E-state index in [1.165, 1.54) is 0 Å². The van der Waals surface area contributed by atoms with E-state index in [0.717, 1.165) is 17.0 Å². The van der Waals surface area contributed by atoms with Gasteiger partial charge in [-0.25, -0.2) is 0 Å². The van der Waals surface area contributed by atoms with Gasteiger partial charge in [-0.15, -0.1) is 0 Å². The van der Waals surface area contributed by atoms with Gasteiger partial charge in [-0.05, 0) is 42.7 Å². The molecule has 4 heteroatoms. The van der Waals surface area contributed by atoms with E-state index in [4.69, 9.17) is 9.47 Å². The first-order chi connectivity index (χ1) is 12.1. The fourth-order valence-electron chi connectivity index (χ4n) is 2.94. The lowest BCUT2D eigenvalue weighted by Gasteiger charge is -2.30. The monoisotopic (exact) mass is 341 g/mol. The molecule has 2 rings (SSSR count). The van der Waals surface area contributed by atoms with E-state index in [9.17, 15) is 4.79 Å². The van der Waals surface area contributed by atoms with Crippen molar-refractivity contribution in [1.82, 2.24) is 0 Å². The topological polar surface area (TPSA) is 47.6 Å². The molecule has 0 aliphatic rings. The molecule has 2 atom stereocenters. The third kappa shape index (κ3) is 4.99. The van der Waals surface area contributed by atoms with Gasteiger partial charge < -0.3 is 14.8 Å². The van der Waals surface area contributed by atoms with E-state index in [-0.39, 0.29) is 23.8 Å². The van der Waals surface area contributed by atoms with Crippen LogP contribution in [0.2, 0.25) is 0 Å². The summed E-state index contributed by atoms with van der Waals surface area (Å²) in [5, 5.41) is 3.51. The number of ether oxygens (including phenoxy) is 2. The standard InChI is InChI=1S/C21H27NO3/c1-5-25-21(23)19(15(2)3)20(22-17-9-7-6-8-10-17)16-11-13-18(24-4)14-12-16/h6-15,19-20,22H,5H2,1-4H3. The molecule has 0 heterocycles. The normalized spacial score (nSPS) is 13.2. The molecule has 0 spiro atoms. The third-order valence-corrected chi connectivity index (χ3v) is 4.21. The summed E-state index contributed by atoms with van der Waals surface area (Å²) in [7, 11) is 1.64.